The van der Waals surface area contributed by atoms with E-state index in [4.69, 9.17) is 0 Å². The fourth-order valence-electron chi connectivity index (χ4n) is 2.84. The minimum absolute atomic E-state index is 0.150. The number of ketones is 1. The molecule has 0 unspecified atom stereocenters. The van der Waals surface area contributed by atoms with Crippen LogP contribution in [-0.2, 0) is 0 Å². The highest BCUT2D eigenvalue weighted by atomic mass is 16.1. The van der Waals surface area contributed by atoms with E-state index in [9.17, 15) is 4.79 Å². The van der Waals surface area contributed by atoms with E-state index in [0.29, 0.717) is 6.04 Å². The number of nitrogens with one attached hydrogen (secondary N) is 1. The minimum atomic E-state index is -0.208. The second-order valence-electron chi connectivity index (χ2n) is 5.94. The SMILES string of the molecule is CC(C)[NH2+][C@@H](C(=O)c1c[nH]c2ccccc12)c1ccccc1. The molecule has 0 aliphatic carbocycles. The zero-order chi connectivity index (χ0) is 15.5. The Bertz CT molecular complexity index is 774. The number of hydrogen-bond donors (Lipinski definition) is 2. The van der Waals surface area contributed by atoms with Gasteiger partial charge in [-0.05, 0) is 19.9 Å². The third kappa shape index (κ3) is 2.81. The second-order valence-corrected chi connectivity index (χ2v) is 5.94. The average Bonchev–Trinajstić information content (AvgIpc) is 2.97. The maximum atomic E-state index is 13.1. The van der Waals surface area contributed by atoms with Crippen molar-refractivity contribution in [1.82, 2.24) is 4.98 Å². The average molecular weight is 293 g/mol. The molecule has 0 saturated heterocycles. The van der Waals surface area contributed by atoms with Crippen molar-refractivity contribution in [3.05, 3.63) is 71.9 Å². The molecule has 3 nitrogen and oxygen atoms in total. The molecular formula is C19H21N2O+. The number of carbonyl (C=O) groups is 1. The first-order valence-corrected chi connectivity index (χ1v) is 7.67. The maximum Gasteiger partial charge on any atom is 0.226 e. The smallest absolute Gasteiger partial charge is 0.226 e. The van der Waals surface area contributed by atoms with Crippen molar-refractivity contribution in [2.45, 2.75) is 25.9 Å². The van der Waals surface area contributed by atoms with E-state index in [1.807, 2.05) is 60.8 Å². The molecule has 3 aromatic rings. The van der Waals surface area contributed by atoms with Gasteiger partial charge >= 0.3 is 0 Å². The summed E-state index contributed by atoms with van der Waals surface area (Å²) in [6.45, 7) is 4.22. The first-order chi connectivity index (χ1) is 10.7. The number of aromatic nitrogens is 1. The lowest BCUT2D eigenvalue weighted by molar-refractivity contribution is -0.708. The van der Waals surface area contributed by atoms with Crippen molar-refractivity contribution in [3.8, 4) is 0 Å². The van der Waals surface area contributed by atoms with Gasteiger partial charge in [-0.15, -0.1) is 0 Å². The predicted octanol–water partition coefficient (Wildman–Crippen LogP) is 3.06. The van der Waals surface area contributed by atoms with Gasteiger partial charge in [-0.25, -0.2) is 0 Å². The van der Waals surface area contributed by atoms with E-state index in [0.717, 1.165) is 22.0 Å². The zero-order valence-electron chi connectivity index (χ0n) is 12.9. The molecule has 2 aromatic carbocycles. The highest BCUT2D eigenvalue weighted by Gasteiger charge is 2.28. The van der Waals surface area contributed by atoms with Gasteiger partial charge in [0.1, 0.15) is 0 Å². The van der Waals surface area contributed by atoms with E-state index in [2.05, 4.69) is 24.1 Å². The number of benzene rings is 2. The fraction of sp³-hybridized carbons (Fsp3) is 0.211. The van der Waals surface area contributed by atoms with Crippen molar-refractivity contribution < 1.29 is 10.1 Å². The summed E-state index contributed by atoms with van der Waals surface area (Å²) in [6, 6.07) is 18.1. The van der Waals surface area contributed by atoms with Crippen LogP contribution in [0.4, 0.5) is 0 Å². The Morgan fingerprint density at radius 1 is 1.00 bits per heavy atom. The minimum Gasteiger partial charge on any atom is -0.360 e. The van der Waals surface area contributed by atoms with Crippen LogP contribution in [0, 0.1) is 0 Å². The summed E-state index contributed by atoms with van der Waals surface area (Å²) < 4.78 is 0. The Labute approximate surface area is 130 Å². The first-order valence-electron chi connectivity index (χ1n) is 7.67. The van der Waals surface area contributed by atoms with Crippen LogP contribution in [0.1, 0.15) is 35.8 Å². The Morgan fingerprint density at radius 3 is 2.41 bits per heavy atom. The molecule has 0 fully saturated rings. The zero-order valence-corrected chi connectivity index (χ0v) is 12.9. The van der Waals surface area contributed by atoms with Crippen LogP contribution in [0.15, 0.2) is 60.8 Å². The molecular weight excluding hydrogens is 272 g/mol. The lowest BCUT2D eigenvalue weighted by Gasteiger charge is -2.17. The van der Waals surface area contributed by atoms with Crippen LogP contribution >= 0.6 is 0 Å². The van der Waals surface area contributed by atoms with Gasteiger partial charge in [0, 0.05) is 28.2 Å². The number of H-pyrrole nitrogens is 1. The number of carbonyl (C=O) groups excluding carboxylic acids is 1. The van der Waals surface area contributed by atoms with Gasteiger partial charge < -0.3 is 10.3 Å². The molecule has 1 aromatic heterocycles. The number of quaternary nitrogens is 1. The largest absolute Gasteiger partial charge is 0.360 e. The number of Topliss-reactive ketones (excluding diaryl/α,β-unsaturated/α-hetero) is 1. The van der Waals surface area contributed by atoms with E-state index < -0.39 is 0 Å². The van der Waals surface area contributed by atoms with Crippen molar-refractivity contribution in [1.29, 1.82) is 0 Å². The Morgan fingerprint density at radius 2 is 1.68 bits per heavy atom. The van der Waals surface area contributed by atoms with E-state index in [1.165, 1.54) is 0 Å². The Balaban J connectivity index is 2.02. The third-order valence-corrected chi connectivity index (χ3v) is 3.87. The molecule has 0 saturated carbocycles. The molecule has 0 radical (unpaired) electrons. The van der Waals surface area contributed by atoms with E-state index >= 15 is 0 Å². The van der Waals surface area contributed by atoms with Gasteiger partial charge in [-0.3, -0.25) is 4.79 Å². The standard InChI is InChI=1S/C19H20N2O/c1-13(2)21-18(14-8-4-3-5-9-14)19(22)16-12-20-17-11-7-6-10-15(16)17/h3-13,18,20-21H,1-2H3/p+1/t18-/m1/s1. The Kier molecular flexibility index (Phi) is 4.07. The van der Waals surface area contributed by atoms with Crippen molar-refractivity contribution in [2.75, 3.05) is 0 Å². The molecule has 3 rings (SSSR count). The van der Waals surface area contributed by atoms with Crippen LogP contribution in [0.25, 0.3) is 10.9 Å². The lowest BCUT2D eigenvalue weighted by Crippen LogP contribution is -2.90. The third-order valence-electron chi connectivity index (χ3n) is 3.87. The monoisotopic (exact) mass is 293 g/mol. The molecule has 0 amide bonds. The van der Waals surface area contributed by atoms with Crippen LogP contribution in [0.3, 0.4) is 0 Å². The number of fused-ring (bicyclic) bond motifs is 1. The van der Waals surface area contributed by atoms with Gasteiger partial charge in [0.15, 0.2) is 6.04 Å². The summed E-state index contributed by atoms with van der Waals surface area (Å²) in [4.78, 5) is 16.3. The first kappa shape index (κ1) is 14.5. The molecule has 1 atom stereocenters. The molecule has 112 valence electrons. The van der Waals surface area contributed by atoms with Gasteiger partial charge in [0.05, 0.1) is 6.04 Å². The van der Waals surface area contributed by atoms with Crippen LogP contribution in [0.2, 0.25) is 0 Å². The van der Waals surface area contributed by atoms with Crippen molar-refractivity contribution >= 4 is 16.7 Å². The predicted molar refractivity (Wildman–Crippen MR) is 88.9 cm³/mol. The molecule has 0 spiro atoms. The van der Waals surface area contributed by atoms with Gasteiger partial charge in [-0.2, -0.15) is 0 Å². The molecule has 3 heteroatoms. The lowest BCUT2D eigenvalue weighted by atomic mass is 9.96. The molecule has 0 aliphatic rings. The molecule has 0 aliphatic heterocycles. The number of nitrogens with two attached hydrogens (primary N) is 1. The topological polar surface area (TPSA) is 49.5 Å². The van der Waals surface area contributed by atoms with Crippen molar-refractivity contribution in [2.24, 2.45) is 0 Å². The van der Waals surface area contributed by atoms with Gasteiger partial charge in [0.25, 0.3) is 0 Å². The number of rotatable bonds is 5. The summed E-state index contributed by atoms with van der Waals surface area (Å²) in [5.41, 5.74) is 2.81. The molecule has 1 heterocycles. The summed E-state index contributed by atoms with van der Waals surface area (Å²) in [7, 11) is 0. The number of hydrogen-bond acceptors (Lipinski definition) is 1. The van der Waals surface area contributed by atoms with Crippen LogP contribution in [0.5, 0.6) is 0 Å². The fourth-order valence-corrected chi connectivity index (χ4v) is 2.84. The molecule has 3 N–H and O–H groups in total. The highest BCUT2D eigenvalue weighted by Crippen LogP contribution is 2.22. The molecule has 0 bridgehead atoms. The Hall–Kier alpha value is -2.39. The summed E-state index contributed by atoms with van der Waals surface area (Å²) in [6.07, 6.45) is 1.83. The van der Waals surface area contributed by atoms with Gasteiger partial charge in [0.2, 0.25) is 5.78 Å². The second kappa shape index (κ2) is 6.16. The van der Waals surface area contributed by atoms with E-state index in [1.54, 1.807) is 0 Å². The summed E-state index contributed by atoms with van der Waals surface area (Å²) in [5, 5.41) is 3.12. The summed E-state index contributed by atoms with van der Waals surface area (Å²) in [5.74, 6) is 0.150. The number of para-hydroxylation sites is 1. The maximum absolute atomic E-state index is 13.1. The molecule has 22 heavy (non-hydrogen) atoms. The highest BCUT2D eigenvalue weighted by molar-refractivity contribution is 6.09. The van der Waals surface area contributed by atoms with Crippen LogP contribution in [-0.4, -0.2) is 16.8 Å². The van der Waals surface area contributed by atoms with Crippen LogP contribution < -0.4 is 5.32 Å². The van der Waals surface area contributed by atoms with Crippen molar-refractivity contribution in [3.63, 3.8) is 0 Å². The van der Waals surface area contributed by atoms with E-state index in [-0.39, 0.29) is 11.8 Å². The normalized spacial score (nSPS) is 12.7. The number of aromatic amines is 1. The quantitative estimate of drug-likeness (QED) is 0.698. The summed E-state index contributed by atoms with van der Waals surface area (Å²) >= 11 is 0. The van der Waals surface area contributed by atoms with Gasteiger partial charge in [-0.1, -0.05) is 48.5 Å².